The van der Waals surface area contributed by atoms with Gasteiger partial charge in [-0.3, -0.25) is 19.1 Å². The summed E-state index contributed by atoms with van der Waals surface area (Å²) in [6.07, 6.45) is 6.92. The number of nitrogens with zero attached hydrogens (tertiary/aromatic N) is 5. The van der Waals surface area contributed by atoms with Crippen molar-refractivity contribution in [1.29, 1.82) is 0 Å². The maximum Gasteiger partial charge on any atom is 0.276 e. The lowest BCUT2D eigenvalue weighted by Gasteiger charge is -2.51. The van der Waals surface area contributed by atoms with E-state index < -0.39 is 0 Å². The molecule has 3 amide bonds. The summed E-state index contributed by atoms with van der Waals surface area (Å²) in [5, 5.41) is 11.4. The zero-order valence-electron chi connectivity index (χ0n) is 27.2. The molecule has 1 aromatic carbocycles. The molecule has 3 aromatic rings. The van der Waals surface area contributed by atoms with Crippen molar-refractivity contribution in [2.24, 2.45) is 18.9 Å². The van der Waals surface area contributed by atoms with Crippen LogP contribution in [-0.4, -0.2) is 88.9 Å². The Labute approximate surface area is 269 Å². The second kappa shape index (κ2) is 13.6. The number of fused-ring (bicyclic) bond motifs is 6. The predicted octanol–water partition coefficient (Wildman–Crippen LogP) is 3.56. The molecule has 2 fully saturated rings. The Hall–Kier alpha value is -4.35. The monoisotopic (exact) mass is 632 g/mol. The second-order valence-electron chi connectivity index (χ2n) is 12.9. The normalized spacial score (nSPS) is 22.7. The molecule has 1 N–H and O–H groups in total. The molecule has 2 saturated heterocycles. The number of hydrogen-bond donors (Lipinski definition) is 1. The van der Waals surface area contributed by atoms with E-state index in [9.17, 15) is 14.4 Å². The number of rotatable bonds is 4. The van der Waals surface area contributed by atoms with Crippen LogP contribution in [0.25, 0.3) is 11.3 Å². The van der Waals surface area contributed by atoms with Crippen molar-refractivity contribution in [2.45, 2.75) is 64.3 Å². The molecular weight excluding hydrogens is 588 g/mol. The van der Waals surface area contributed by atoms with Crippen LogP contribution in [0.4, 0.5) is 0 Å². The number of likely N-dealkylation sites (tertiary alicyclic amines) is 1. The molecule has 46 heavy (non-hydrogen) atoms. The van der Waals surface area contributed by atoms with Gasteiger partial charge in [-0.05, 0) is 74.5 Å². The third-order valence-electron chi connectivity index (χ3n) is 9.90. The summed E-state index contributed by atoms with van der Waals surface area (Å²) in [7, 11) is 5.11. The minimum Gasteiger partial charge on any atom is -0.493 e. The van der Waals surface area contributed by atoms with Gasteiger partial charge in [-0.25, -0.2) is 0 Å². The number of ether oxygens (including phenoxy) is 2. The Kier molecular flexibility index (Phi) is 9.32. The molecule has 12 heteroatoms. The topological polar surface area (TPSA) is 132 Å². The van der Waals surface area contributed by atoms with Gasteiger partial charge < -0.3 is 29.1 Å². The summed E-state index contributed by atoms with van der Waals surface area (Å²) in [4.78, 5) is 44.2. The Morgan fingerprint density at radius 3 is 2.63 bits per heavy atom. The van der Waals surface area contributed by atoms with Gasteiger partial charge in [-0.2, -0.15) is 5.10 Å². The van der Waals surface area contributed by atoms with E-state index in [1.54, 1.807) is 31.2 Å². The number of piperidine rings is 2. The van der Waals surface area contributed by atoms with Crippen LogP contribution < -0.4 is 14.8 Å². The van der Waals surface area contributed by atoms with Crippen molar-refractivity contribution >= 4 is 17.7 Å². The van der Waals surface area contributed by atoms with Gasteiger partial charge in [0.25, 0.3) is 5.91 Å². The number of carbonyl (C=O) groups excluding carboxylic acids is 3. The van der Waals surface area contributed by atoms with Crippen molar-refractivity contribution < 1.29 is 28.4 Å². The molecule has 0 unspecified atom stereocenters. The molecule has 0 saturated carbocycles. The molecule has 3 aliphatic rings. The van der Waals surface area contributed by atoms with E-state index in [1.807, 2.05) is 29.8 Å². The van der Waals surface area contributed by atoms with Crippen LogP contribution in [0.15, 0.2) is 28.9 Å². The molecule has 246 valence electrons. The maximum atomic E-state index is 13.9. The third-order valence-corrected chi connectivity index (χ3v) is 9.90. The minimum atomic E-state index is -0.164. The molecule has 3 atom stereocenters. The van der Waals surface area contributed by atoms with Crippen molar-refractivity contribution in [3.05, 3.63) is 46.9 Å². The number of carbonyl (C=O) groups is 3. The number of aromatic nitrogens is 3. The van der Waals surface area contributed by atoms with Gasteiger partial charge in [0, 0.05) is 63.9 Å². The van der Waals surface area contributed by atoms with Crippen molar-refractivity contribution in [1.82, 2.24) is 30.1 Å². The van der Waals surface area contributed by atoms with E-state index in [0.717, 1.165) is 41.6 Å². The Morgan fingerprint density at radius 2 is 1.87 bits per heavy atom. The average molecular weight is 633 g/mol. The van der Waals surface area contributed by atoms with Crippen molar-refractivity contribution in [3.63, 3.8) is 0 Å². The molecular formula is C34H44N6O6. The van der Waals surface area contributed by atoms with Crippen molar-refractivity contribution in [2.75, 3.05) is 40.4 Å². The summed E-state index contributed by atoms with van der Waals surface area (Å²) < 4.78 is 18.6. The number of nitrogens with one attached hydrogen (secondary N) is 1. The van der Waals surface area contributed by atoms with Crippen LogP contribution in [0.1, 0.15) is 65.8 Å². The largest absolute Gasteiger partial charge is 0.493 e. The number of aryl methyl sites for hydroxylation is 3. The molecule has 5 heterocycles. The lowest BCUT2D eigenvalue weighted by molar-refractivity contribution is -0.140. The molecule has 0 aliphatic carbocycles. The predicted molar refractivity (Wildman–Crippen MR) is 169 cm³/mol. The number of hydrogen-bond acceptors (Lipinski definition) is 8. The molecule has 6 rings (SSSR count). The fourth-order valence-corrected chi connectivity index (χ4v) is 7.47. The van der Waals surface area contributed by atoms with Crippen LogP contribution in [0.3, 0.4) is 0 Å². The Morgan fingerprint density at radius 1 is 1.02 bits per heavy atom. The molecule has 2 aromatic heterocycles. The van der Waals surface area contributed by atoms with E-state index in [0.29, 0.717) is 75.5 Å². The lowest BCUT2D eigenvalue weighted by atomic mass is 9.77. The minimum absolute atomic E-state index is 0.0168. The van der Waals surface area contributed by atoms with Gasteiger partial charge in [-0.15, -0.1) is 0 Å². The van der Waals surface area contributed by atoms with Gasteiger partial charge in [0.1, 0.15) is 0 Å². The quantitative estimate of drug-likeness (QED) is 0.462. The van der Waals surface area contributed by atoms with Gasteiger partial charge in [-0.1, -0.05) is 11.2 Å². The second-order valence-corrected chi connectivity index (χ2v) is 12.9. The maximum absolute atomic E-state index is 13.9. The number of amides is 3. The van der Waals surface area contributed by atoms with E-state index >= 15 is 0 Å². The van der Waals surface area contributed by atoms with Crippen molar-refractivity contribution in [3.8, 4) is 22.8 Å². The highest BCUT2D eigenvalue weighted by Crippen LogP contribution is 2.38. The summed E-state index contributed by atoms with van der Waals surface area (Å²) >= 11 is 0. The van der Waals surface area contributed by atoms with E-state index in [-0.39, 0.29) is 41.3 Å². The molecule has 0 radical (unpaired) electrons. The summed E-state index contributed by atoms with van der Waals surface area (Å²) in [5.41, 5.74) is 4.03. The number of benzene rings is 1. The fraction of sp³-hybridized carbons (Fsp3) is 0.559. The first-order valence-electron chi connectivity index (χ1n) is 16.3. The smallest absolute Gasteiger partial charge is 0.276 e. The summed E-state index contributed by atoms with van der Waals surface area (Å²) in [6, 6.07) is 5.69. The first-order chi connectivity index (χ1) is 22.2. The van der Waals surface area contributed by atoms with Crippen LogP contribution in [0, 0.1) is 18.8 Å². The van der Waals surface area contributed by atoms with Crippen LogP contribution in [0.2, 0.25) is 0 Å². The standard InChI is InChI=1S/C34H44N6O6/c1-21-26(17-36-38(21)2)29-16-27(37-46-29)34(43)39-18-23-14-25(20-39)28-8-5-9-31(41)35-12-6-7-24-13-22(10-11-32(42)40(28)19-23)15-30(44-3)33(24)45-4/h13,15-17,23,25,28H,5-12,14,18-20H2,1-4H3,(H,35,41)/t23-,25-,28-/m0/s1. The molecule has 12 nitrogen and oxygen atoms in total. The molecule has 3 aliphatic heterocycles. The van der Waals surface area contributed by atoms with Crippen LogP contribution in [0.5, 0.6) is 11.5 Å². The van der Waals surface area contributed by atoms with Crippen LogP contribution >= 0.6 is 0 Å². The molecule has 0 spiro atoms. The first kappa shape index (κ1) is 31.6. The Balaban J connectivity index is 1.20. The summed E-state index contributed by atoms with van der Waals surface area (Å²) in [5.74, 6) is 2.10. The highest BCUT2D eigenvalue weighted by molar-refractivity contribution is 5.93. The van der Waals surface area contributed by atoms with Crippen LogP contribution in [-0.2, 0) is 29.5 Å². The SMILES string of the molecule is COc1cc2cc(c1OC)CCCNC(=O)CCC[C@H]1[C@H]3C[C@@H](CN(C(=O)c4cc(-c5cnn(C)c5C)on4)C3)CN1C(=O)CC2. The Bertz CT molecular complexity index is 1600. The first-order valence-corrected chi connectivity index (χ1v) is 16.3. The van der Waals surface area contributed by atoms with E-state index in [4.69, 9.17) is 14.0 Å². The highest BCUT2D eigenvalue weighted by Gasteiger charge is 2.44. The lowest BCUT2D eigenvalue weighted by Crippen LogP contribution is -2.60. The summed E-state index contributed by atoms with van der Waals surface area (Å²) in [6.45, 7) is 4.19. The number of methoxy groups -OCH3 is 2. The third kappa shape index (κ3) is 6.47. The zero-order chi connectivity index (χ0) is 32.4. The van der Waals surface area contributed by atoms with Gasteiger partial charge in [0.05, 0.1) is 26.0 Å². The zero-order valence-corrected chi connectivity index (χ0v) is 27.2. The molecule has 4 bridgehead atoms. The highest BCUT2D eigenvalue weighted by atomic mass is 16.5. The van der Waals surface area contributed by atoms with Gasteiger partial charge in [0.15, 0.2) is 23.0 Å². The van der Waals surface area contributed by atoms with Gasteiger partial charge >= 0.3 is 0 Å². The van der Waals surface area contributed by atoms with Gasteiger partial charge in [0.2, 0.25) is 11.8 Å². The van der Waals surface area contributed by atoms with E-state index in [2.05, 4.69) is 21.6 Å². The van der Waals surface area contributed by atoms with E-state index in [1.165, 1.54) is 0 Å². The average Bonchev–Trinajstić information content (AvgIpc) is 3.67. The fourth-order valence-electron chi connectivity index (χ4n) is 7.47.